The molecule has 0 radical (unpaired) electrons. The predicted molar refractivity (Wildman–Crippen MR) is 207 cm³/mol. The lowest BCUT2D eigenvalue weighted by Crippen LogP contribution is -2.10. The van der Waals surface area contributed by atoms with Gasteiger partial charge in [-0.3, -0.25) is 9.97 Å². The highest BCUT2D eigenvalue weighted by Crippen LogP contribution is 2.41. The van der Waals surface area contributed by atoms with Crippen molar-refractivity contribution in [2.24, 2.45) is 0 Å². The van der Waals surface area contributed by atoms with Crippen LogP contribution >= 0.6 is 0 Å². The first-order valence-corrected chi connectivity index (χ1v) is 16.8. The molecular formula is C46H32N4. The highest BCUT2D eigenvalue weighted by molar-refractivity contribution is 6.10. The molecule has 236 valence electrons. The summed E-state index contributed by atoms with van der Waals surface area (Å²) in [5.41, 5.74) is 12.8. The molecular weight excluding hydrogens is 609 g/mol. The summed E-state index contributed by atoms with van der Waals surface area (Å²) in [4.78, 5) is 11.8. The SMILES string of the molecule is c1ccc(-c2cccc(N(c3ccc(-c4nccnc4-c4ccccc4)cc3)c3ccc4c(c3)c3ccccc3n4-c3ccccc3)c2)cc1. The van der Waals surface area contributed by atoms with Crippen LogP contribution in [0.3, 0.4) is 0 Å². The van der Waals surface area contributed by atoms with Crippen molar-refractivity contribution in [1.29, 1.82) is 0 Å². The molecule has 2 heterocycles. The molecule has 0 aliphatic rings. The number of hydrogen-bond acceptors (Lipinski definition) is 3. The van der Waals surface area contributed by atoms with Gasteiger partial charge in [0.05, 0.1) is 22.4 Å². The Bertz CT molecular complexity index is 2580. The second-order valence-electron chi connectivity index (χ2n) is 12.3. The van der Waals surface area contributed by atoms with Crippen molar-refractivity contribution in [1.82, 2.24) is 14.5 Å². The number of aromatic nitrogens is 3. The van der Waals surface area contributed by atoms with Crippen molar-refractivity contribution >= 4 is 38.9 Å². The van der Waals surface area contributed by atoms with Gasteiger partial charge in [0.1, 0.15) is 0 Å². The summed E-state index contributed by atoms with van der Waals surface area (Å²) in [5.74, 6) is 0. The summed E-state index contributed by atoms with van der Waals surface area (Å²) in [7, 11) is 0. The lowest BCUT2D eigenvalue weighted by Gasteiger charge is -2.26. The third kappa shape index (κ3) is 5.29. The monoisotopic (exact) mass is 640 g/mol. The van der Waals surface area contributed by atoms with Crippen LogP contribution in [0.1, 0.15) is 0 Å². The van der Waals surface area contributed by atoms with Crippen LogP contribution in [0.25, 0.3) is 61.1 Å². The third-order valence-electron chi connectivity index (χ3n) is 9.28. The van der Waals surface area contributed by atoms with Gasteiger partial charge in [-0.05, 0) is 71.8 Å². The van der Waals surface area contributed by atoms with E-state index < -0.39 is 0 Å². The van der Waals surface area contributed by atoms with E-state index in [1.807, 2.05) is 18.2 Å². The number of hydrogen-bond donors (Lipinski definition) is 0. The molecule has 0 saturated heterocycles. The van der Waals surface area contributed by atoms with Gasteiger partial charge in [0.2, 0.25) is 0 Å². The predicted octanol–water partition coefficient (Wildman–Crippen LogP) is 12.0. The summed E-state index contributed by atoms with van der Waals surface area (Å²) < 4.78 is 2.36. The minimum atomic E-state index is 0.859. The van der Waals surface area contributed by atoms with Crippen molar-refractivity contribution in [2.75, 3.05) is 4.90 Å². The highest BCUT2D eigenvalue weighted by atomic mass is 15.1. The summed E-state index contributed by atoms with van der Waals surface area (Å²) in [6, 6.07) is 64.3. The second-order valence-corrected chi connectivity index (χ2v) is 12.3. The molecule has 4 nitrogen and oxygen atoms in total. The Morgan fingerprint density at radius 1 is 0.360 bits per heavy atom. The Hall–Kier alpha value is -6.78. The molecule has 9 rings (SSSR count). The lowest BCUT2D eigenvalue weighted by molar-refractivity contribution is 1.18. The van der Waals surface area contributed by atoms with E-state index in [4.69, 9.17) is 9.97 Å². The fraction of sp³-hybridized carbons (Fsp3) is 0. The van der Waals surface area contributed by atoms with Crippen molar-refractivity contribution < 1.29 is 0 Å². The van der Waals surface area contributed by atoms with E-state index >= 15 is 0 Å². The molecule has 0 fully saturated rings. The van der Waals surface area contributed by atoms with Crippen molar-refractivity contribution in [3.63, 3.8) is 0 Å². The first kappa shape index (κ1) is 29.4. The summed E-state index contributed by atoms with van der Waals surface area (Å²) in [6.07, 6.45) is 3.52. The van der Waals surface area contributed by atoms with Crippen molar-refractivity contribution in [3.8, 4) is 39.3 Å². The summed E-state index contributed by atoms with van der Waals surface area (Å²) in [6.45, 7) is 0. The summed E-state index contributed by atoms with van der Waals surface area (Å²) >= 11 is 0. The molecule has 0 aliphatic carbocycles. The maximum atomic E-state index is 4.77. The number of benzene rings is 7. The molecule has 0 atom stereocenters. The molecule has 4 heteroatoms. The quantitative estimate of drug-likeness (QED) is 0.174. The Morgan fingerprint density at radius 2 is 0.900 bits per heavy atom. The van der Waals surface area contributed by atoms with Gasteiger partial charge < -0.3 is 9.47 Å². The van der Waals surface area contributed by atoms with Gasteiger partial charge >= 0.3 is 0 Å². The third-order valence-corrected chi connectivity index (χ3v) is 9.28. The molecule has 0 unspecified atom stereocenters. The van der Waals surface area contributed by atoms with Gasteiger partial charge in [-0.15, -0.1) is 0 Å². The number of fused-ring (bicyclic) bond motifs is 3. The fourth-order valence-electron chi connectivity index (χ4n) is 6.98. The Balaban J connectivity index is 1.21. The first-order valence-electron chi connectivity index (χ1n) is 16.8. The Morgan fingerprint density at radius 3 is 1.62 bits per heavy atom. The van der Waals surface area contributed by atoms with Gasteiger partial charge in [0.15, 0.2) is 0 Å². The topological polar surface area (TPSA) is 34.0 Å². The van der Waals surface area contributed by atoms with Crippen LogP contribution < -0.4 is 4.90 Å². The van der Waals surface area contributed by atoms with Crippen LogP contribution in [0.5, 0.6) is 0 Å². The Kier molecular flexibility index (Phi) is 7.45. The van der Waals surface area contributed by atoms with E-state index in [1.165, 1.54) is 32.9 Å². The largest absolute Gasteiger partial charge is 0.310 e. The number of nitrogens with zero attached hydrogens (tertiary/aromatic N) is 4. The van der Waals surface area contributed by atoms with Crippen LogP contribution in [-0.4, -0.2) is 14.5 Å². The number of anilines is 3. The molecule has 2 aromatic heterocycles. The Labute approximate surface area is 291 Å². The molecule has 7 aromatic carbocycles. The van der Waals surface area contributed by atoms with Gasteiger partial charge in [0.25, 0.3) is 0 Å². The number of rotatable bonds is 7. The van der Waals surface area contributed by atoms with Gasteiger partial charge in [-0.2, -0.15) is 0 Å². The molecule has 0 bridgehead atoms. The minimum absolute atomic E-state index is 0.859. The van der Waals surface area contributed by atoms with Crippen LogP contribution in [-0.2, 0) is 0 Å². The van der Waals surface area contributed by atoms with Gasteiger partial charge in [-0.25, -0.2) is 0 Å². The zero-order chi connectivity index (χ0) is 33.3. The fourth-order valence-corrected chi connectivity index (χ4v) is 6.98. The van der Waals surface area contributed by atoms with E-state index in [0.29, 0.717) is 0 Å². The van der Waals surface area contributed by atoms with Crippen LogP contribution in [0.4, 0.5) is 17.1 Å². The van der Waals surface area contributed by atoms with E-state index in [-0.39, 0.29) is 0 Å². The average Bonchev–Trinajstić information content (AvgIpc) is 3.53. The van der Waals surface area contributed by atoms with E-state index in [2.05, 4.69) is 173 Å². The van der Waals surface area contributed by atoms with Gasteiger partial charge in [0, 0.05) is 57.0 Å². The van der Waals surface area contributed by atoms with E-state index in [0.717, 1.165) is 45.3 Å². The first-order chi connectivity index (χ1) is 24.8. The molecule has 0 spiro atoms. The molecule has 0 saturated carbocycles. The zero-order valence-electron chi connectivity index (χ0n) is 27.3. The molecule has 0 aliphatic heterocycles. The normalized spacial score (nSPS) is 11.2. The minimum Gasteiger partial charge on any atom is -0.310 e. The molecule has 9 aromatic rings. The van der Waals surface area contributed by atoms with Crippen LogP contribution in [0.2, 0.25) is 0 Å². The molecule has 50 heavy (non-hydrogen) atoms. The maximum absolute atomic E-state index is 4.77. The van der Waals surface area contributed by atoms with E-state index in [1.54, 1.807) is 12.4 Å². The van der Waals surface area contributed by atoms with Gasteiger partial charge in [-0.1, -0.05) is 121 Å². The maximum Gasteiger partial charge on any atom is 0.0965 e. The highest BCUT2D eigenvalue weighted by Gasteiger charge is 2.19. The second kappa shape index (κ2) is 12.7. The van der Waals surface area contributed by atoms with E-state index in [9.17, 15) is 0 Å². The lowest BCUT2D eigenvalue weighted by atomic mass is 10.0. The zero-order valence-corrected chi connectivity index (χ0v) is 27.3. The standard InChI is InChI=1S/C46H32N4/c1-4-13-33(14-5-1)36-17-12-20-39(31-36)49(38-25-23-35(24-26-38)46-45(47-29-30-48-46)34-15-6-2-7-16-34)40-27-28-44-42(32-40)41-21-10-11-22-43(41)50(44)37-18-8-3-9-19-37/h1-32H. The van der Waals surface area contributed by atoms with Crippen molar-refractivity contribution in [2.45, 2.75) is 0 Å². The van der Waals surface area contributed by atoms with Crippen molar-refractivity contribution in [3.05, 3.63) is 194 Å². The number of para-hydroxylation sites is 2. The summed E-state index contributed by atoms with van der Waals surface area (Å²) in [5, 5.41) is 2.42. The average molecular weight is 641 g/mol. The molecule has 0 amide bonds. The smallest absolute Gasteiger partial charge is 0.0965 e. The van der Waals surface area contributed by atoms with Crippen LogP contribution in [0, 0.1) is 0 Å². The molecule has 0 N–H and O–H groups in total. The van der Waals surface area contributed by atoms with Crippen LogP contribution in [0.15, 0.2) is 194 Å².